The van der Waals surface area contributed by atoms with Crippen molar-refractivity contribution in [2.45, 2.75) is 63.5 Å². The highest BCUT2D eigenvalue weighted by Crippen LogP contribution is 2.42. The van der Waals surface area contributed by atoms with Crippen LogP contribution in [0.5, 0.6) is 0 Å². The monoisotopic (exact) mass is 653 g/mol. The van der Waals surface area contributed by atoms with Gasteiger partial charge in [-0.05, 0) is 86.7 Å². The van der Waals surface area contributed by atoms with E-state index in [-0.39, 0.29) is 35.9 Å². The maximum atomic E-state index is 14.0. The number of benzene rings is 2. The molecular formula is C31H26F7N3O5-2. The molecule has 15 heteroatoms. The smallest absolute Gasteiger partial charge is 0.416 e. The van der Waals surface area contributed by atoms with Crippen LogP contribution < -0.4 is 15.1 Å². The molecule has 46 heavy (non-hydrogen) atoms. The van der Waals surface area contributed by atoms with Crippen molar-refractivity contribution in [3.8, 4) is 11.1 Å². The van der Waals surface area contributed by atoms with Crippen molar-refractivity contribution < 1.29 is 55.3 Å². The predicted molar refractivity (Wildman–Crippen MR) is 145 cm³/mol. The molecule has 0 N–H and O–H groups in total. The highest BCUT2D eigenvalue weighted by molar-refractivity contribution is 6.03. The van der Waals surface area contributed by atoms with Crippen molar-refractivity contribution in [3.63, 3.8) is 0 Å². The zero-order valence-electron chi connectivity index (χ0n) is 24.7. The normalized spacial score (nSPS) is 17.2. The van der Waals surface area contributed by atoms with Crippen molar-refractivity contribution in [2.24, 2.45) is 0 Å². The summed E-state index contributed by atoms with van der Waals surface area (Å²) in [6, 6.07) is 3.25. The van der Waals surface area contributed by atoms with Crippen molar-refractivity contribution in [1.29, 1.82) is 0 Å². The number of halogens is 7. The van der Waals surface area contributed by atoms with Gasteiger partial charge in [-0.15, -0.1) is 0 Å². The minimum atomic E-state index is -5.15. The van der Waals surface area contributed by atoms with Crippen LogP contribution >= 0.6 is 0 Å². The number of pyridine rings is 1. The lowest BCUT2D eigenvalue weighted by atomic mass is 9.81. The first-order valence-electron chi connectivity index (χ1n) is 13.7. The molecular weight excluding hydrogens is 627 g/mol. The van der Waals surface area contributed by atoms with Crippen LogP contribution in [0.3, 0.4) is 0 Å². The molecule has 1 aliphatic heterocycles. The molecule has 0 spiro atoms. The van der Waals surface area contributed by atoms with Gasteiger partial charge in [0.25, 0.3) is 0 Å². The summed E-state index contributed by atoms with van der Waals surface area (Å²) in [5, 5.41) is 23.5. The van der Waals surface area contributed by atoms with Crippen LogP contribution in [0.1, 0.15) is 60.7 Å². The number of carbonyl (C=O) groups is 3. The van der Waals surface area contributed by atoms with E-state index >= 15 is 0 Å². The molecule has 3 aromatic rings. The van der Waals surface area contributed by atoms with Gasteiger partial charge in [0.15, 0.2) is 0 Å². The molecule has 2 aromatic carbocycles. The average Bonchev–Trinajstić information content (AvgIpc) is 3.41. The number of anilines is 1. The van der Waals surface area contributed by atoms with Crippen LogP contribution in [-0.2, 0) is 27.4 Å². The van der Waals surface area contributed by atoms with E-state index in [0.717, 1.165) is 31.0 Å². The molecule has 1 aliphatic rings. The molecule has 246 valence electrons. The van der Waals surface area contributed by atoms with Crippen LogP contribution in [0.4, 0.5) is 41.2 Å². The third-order valence-electron chi connectivity index (χ3n) is 8.10. The Bertz CT molecular complexity index is 1670. The highest BCUT2D eigenvalue weighted by Gasteiger charge is 2.42. The number of amides is 2. The number of carboxylic acid groups (broad SMARTS) is 2. The zero-order valence-corrected chi connectivity index (χ0v) is 24.7. The van der Waals surface area contributed by atoms with Crippen LogP contribution in [0.25, 0.3) is 11.1 Å². The largest absolute Gasteiger partial charge is 0.548 e. The Hall–Kier alpha value is -4.69. The van der Waals surface area contributed by atoms with E-state index in [0.29, 0.717) is 28.2 Å². The molecule has 1 fully saturated rings. The molecule has 2 amide bonds. The van der Waals surface area contributed by atoms with Gasteiger partial charge < -0.3 is 29.6 Å². The number of hydrogen-bond acceptors (Lipinski definition) is 6. The first-order chi connectivity index (χ1) is 21.1. The lowest BCUT2D eigenvalue weighted by Gasteiger charge is -2.34. The number of likely N-dealkylation sites (N-methyl/N-ethyl adjacent to an activating group) is 1. The number of carboxylic acids is 1. The number of aryl methyl sites for hydroxylation is 1. The van der Waals surface area contributed by atoms with Gasteiger partial charge in [0.2, 0.25) is 5.91 Å². The van der Waals surface area contributed by atoms with E-state index < -0.39 is 70.3 Å². The van der Waals surface area contributed by atoms with Gasteiger partial charge in [0, 0.05) is 12.6 Å². The Morgan fingerprint density at radius 1 is 0.870 bits per heavy atom. The maximum Gasteiger partial charge on any atom is 0.416 e. The van der Waals surface area contributed by atoms with Gasteiger partial charge in [-0.25, -0.2) is 4.39 Å². The van der Waals surface area contributed by atoms with Crippen molar-refractivity contribution in [1.82, 2.24) is 9.88 Å². The molecule has 1 aromatic heterocycles. The molecule has 4 rings (SSSR count). The number of likely N-dealkylation sites (tertiary alicyclic amines) is 1. The average molecular weight is 654 g/mol. The summed E-state index contributed by atoms with van der Waals surface area (Å²) in [5.74, 6) is -3.19. The third kappa shape index (κ3) is 6.49. The second-order valence-corrected chi connectivity index (χ2v) is 11.5. The van der Waals surface area contributed by atoms with Crippen LogP contribution in [-0.4, -0.2) is 40.9 Å². The van der Waals surface area contributed by atoms with Gasteiger partial charge >= 0.3 is 12.4 Å². The second kappa shape index (κ2) is 11.9. The molecule has 0 unspecified atom stereocenters. The summed E-state index contributed by atoms with van der Waals surface area (Å²) >= 11 is 0. The minimum absolute atomic E-state index is 0.00555. The van der Waals surface area contributed by atoms with Crippen molar-refractivity contribution in [3.05, 3.63) is 82.4 Å². The number of carbonyl (C=O) groups excluding carboxylic acids is 3. The summed E-state index contributed by atoms with van der Waals surface area (Å²) in [7, 11) is 1.22. The van der Waals surface area contributed by atoms with Gasteiger partial charge in [-0.3, -0.25) is 9.78 Å². The fraction of sp³-hybridized carbons (Fsp3) is 0.355. The zero-order chi connectivity index (χ0) is 34.5. The Kier molecular flexibility index (Phi) is 8.85. The summed E-state index contributed by atoms with van der Waals surface area (Å²) in [6.07, 6.45) is -11.1. The van der Waals surface area contributed by atoms with Gasteiger partial charge in [0.05, 0.1) is 52.2 Å². The number of rotatable bonds is 6. The quantitative estimate of drug-likeness (QED) is 0.354. The summed E-state index contributed by atoms with van der Waals surface area (Å²) in [6.45, 7) is 3.84. The number of aromatic nitrogens is 1. The lowest BCUT2D eigenvalue weighted by molar-refractivity contribution is -0.315. The summed E-state index contributed by atoms with van der Waals surface area (Å²) in [5.41, 5.74) is -4.85. The maximum absolute atomic E-state index is 14.0. The summed E-state index contributed by atoms with van der Waals surface area (Å²) < 4.78 is 95.6. The molecule has 0 bridgehead atoms. The van der Waals surface area contributed by atoms with E-state index in [1.165, 1.54) is 32.2 Å². The fourth-order valence-electron chi connectivity index (χ4n) is 5.61. The standard InChI is InChI=1S/C31H28F7N3O5/c1-15-9-19(32)5-6-20(15)21-13-22(23-7-8-24(26(42)43)41(23)28(45)46)39-14-25(21)40(4)27(44)29(2,3)16-10-17(30(33,34)35)12-18(11-16)31(36,37)38/h5-6,9-14,23-24H,7-8H2,1-4H3,(H,42,43)(H,45,46)/p-2/t23-,24+/m1/s1. The highest BCUT2D eigenvalue weighted by atomic mass is 19.4. The molecule has 0 radical (unpaired) electrons. The van der Waals surface area contributed by atoms with E-state index in [1.807, 2.05) is 0 Å². The minimum Gasteiger partial charge on any atom is -0.548 e. The Balaban J connectivity index is 1.86. The SMILES string of the molecule is Cc1cc(F)ccc1-c1cc([C@H]2CC[C@@H](C(=O)[O-])N2C(=O)[O-])ncc1N(C)C(=O)C(C)(C)c1cc(C(F)(F)F)cc(C(F)(F)F)c1. The first-order valence-corrected chi connectivity index (χ1v) is 13.7. The fourth-order valence-corrected chi connectivity index (χ4v) is 5.61. The van der Waals surface area contributed by atoms with Crippen LogP contribution in [0.2, 0.25) is 0 Å². The predicted octanol–water partition coefficient (Wildman–Crippen LogP) is 4.77. The van der Waals surface area contributed by atoms with Crippen LogP contribution in [0, 0.1) is 12.7 Å². The number of alkyl halides is 6. The Morgan fingerprint density at radius 3 is 1.93 bits per heavy atom. The van der Waals surface area contributed by atoms with Gasteiger partial charge in [0.1, 0.15) is 11.9 Å². The molecule has 0 aliphatic carbocycles. The Morgan fingerprint density at radius 2 is 1.43 bits per heavy atom. The van der Waals surface area contributed by atoms with Crippen LogP contribution in [0.15, 0.2) is 48.7 Å². The van der Waals surface area contributed by atoms with Gasteiger partial charge in [-0.1, -0.05) is 6.07 Å². The number of aliphatic carboxylic acids is 1. The third-order valence-corrected chi connectivity index (χ3v) is 8.10. The van der Waals surface area contributed by atoms with E-state index in [1.54, 1.807) is 0 Å². The Labute approximate surface area is 258 Å². The molecule has 0 saturated carbocycles. The topological polar surface area (TPSA) is 117 Å². The van der Waals surface area contributed by atoms with E-state index in [2.05, 4.69) is 4.98 Å². The molecule has 2 atom stereocenters. The molecule has 8 nitrogen and oxygen atoms in total. The lowest BCUT2D eigenvalue weighted by Crippen LogP contribution is -2.52. The van der Waals surface area contributed by atoms with Crippen molar-refractivity contribution >= 4 is 23.7 Å². The number of nitrogens with zero attached hydrogens (tertiary/aromatic N) is 3. The van der Waals surface area contributed by atoms with Crippen molar-refractivity contribution in [2.75, 3.05) is 11.9 Å². The summed E-state index contributed by atoms with van der Waals surface area (Å²) in [4.78, 5) is 43.2. The van der Waals surface area contributed by atoms with Gasteiger partial charge in [-0.2, -0.15) is 26.3 Å². The van der Waals surface area contributed by atoms with E-state index in [4.69, 9.17) is 0 Å². The molecule has 2 heterocycles. The van der Waals surface area contributed by atoms with E-state index in [9.17, 15) is 55.3 Å². The molecule has 1 saturated heterocycles. The number of hydrogen-bond donors (Lipinski definition) is 0. The second-order valence-electron chi connectivity index (χ2n) is 11.5. The first kappa shape index (κ1) is 34.2.